The van der Waals surface area contributed by atoms with Crippen molar-refractivity contribution in [3.63, 3.8) is 0 Å². The van der Waals surface area contributed by atoms with E-state index in [-0.39, 0.29) is 11.5 Å². The smallest absolute Gasteiger partial charge is 0.328 e. The van der Waals surface area contributed by atoms with E-state index >= 15 is 0 Å². The average molecular weight is 241 g/mol. The SMILES string of the molecule is CC(O)C(Nc1ncccc1[N+](=O)[O-])C(=O)O. The number of aliphatic carboxylic acids is 1. The number of aromatic nitrogens is 1. The molecule has 1 rings (SSSR count). The summed E-state index contributed by atoms with van der Waals surface area (Å²) in [6, 6.07) is 1.20. The second-order valence-electron chi connectivity index (χ2n) is 3.33. The number of carboxylic acids is 1. The van der Waals surface area contributed by atoms with Crippen LogP contribution in [0.3, 0.4) is 0 Å². The highest BCUT2D eigenvalue weighted by atomic mass is 16.6. The Morgan fingerprint density at radius 1 is 1.65 bits per heavy atom. The molecular formula is C9H11N3O5. The molecule has 17 heavy (non-hydrogen) atoms. The maximum atomic E-state index is 10.8. The predicted octanol–water partition coefficient (Wildman–Crippen LogP) is 0.236. The number of carboxylic acid groups (broad SMARTS) is 1. The molecule has 8 nitrogen and oxygen atoms in total. The maximum absolute atomic E-state index is 10.8. The van der Waals surface area contributed by atoms with Crippen LogP contribution >= 0.6 is 0 Å². The zero-order valence-corrected chi connectivity index (χ0v) is 8.90. The summed E-state index contributed by atoms with van der Waals surface area (Å²) < 4.78 is 0. The number of carbonyl (C=O) groups is 1. The Morgan fingerprint density at radius 3 is 2.76 bits per heavy atom. The first-order valence-electron chi connectivity index (χ1n) is 4.70. The molecule has 2 unspecified atom stereocenters. The number of aliphatic hydroxyl groups is 1. The van der Waals surface area contributed by atoms with E-state index in [1.807, 2.05) is 0 Å². The molecule has 1 heterocycles. The molecule has 0 fully saturated rings. The Balaban J connectivity index is 3.01. The first-order chi connectivity index (χ1) is 7.93. The van der Waals surface area contributed by atoms with Gasteiger partial charge in [-0.3, -0.25) is 10.1 Å². The summed E-state index contributed by atoms with van der Waals surface area (Å²) in [5, 5.41) is 31.0. The largest absolute Gasteiger partial charge is 0.480 e. The second-order valence-corrected chi connectivity index (χ2v) is 3.33. The molecule has 0 bridgehead atoms. The third-order valence-electron chi connectivity index (χ3n) is 2.02. The van der Waals surface area contributed by atoms with Crippen LogP contribution in [0.15, 0.2) is 18.3 Å². The first kappa shape index (κ1) is 12.8. The molecule has 2 atom stereocenters. The van der Waals surface area contributed by atoms with E-state index in [1.54, 1.807) is 0 Å². The Morgan fingerprint density at radius 2 is 2.29 bits per heavy atom. The van der Waals surface area contributed by atoms with Crippen LogP contribution in [0.25, 0.3) is 0 Å². The molecule has 0 amide bonds. The second kappa shape index (κ2) is 5.21. The molecule has 0 aliphatic rings. The van der Waals surface area contributed by atoms with Crippen molar-refractivity contribution in [2.24, 2.45) is 0 Å². The number of hydrogen-bond donors (Lipinski definition) is 3. The van der Waals surface area contributed by atoms with Gasteiger partial charge in [-0.25, -0.2) is 9.78 Å². The minimum atomic E-state index is -1.36. The lowest BCUT2D eigenvalue weighted by Gasteiger charge is -2.17. The number of anilines is 1. The highest BCUT2D eigenvalue weighted by Gasteiger charge is 2.26. The van der Waals surface area contributed by atoms with Crippen molar-refractivity contribution in [1.82, 2.24) is 4.98 Å². The van der Waals surface area contributed by atoms with Crippen molar-refractivity contribution in [1.29, 1.82) is 0 Å². The maximum Gasteiger partial charge on any atom is 0.328 e. The van der Waals surface area contributed by atoms with Crippen LogP contribution in [0, 0.1) is 10.1 Å². The summed E-state index contributed by atoms with van der Waals surface area (Å²) in [4.78, 5) is 24.5. The van der Waals surface area contributed by atoms with Crippen molar-refractivity contribution in [2.75, 3.05) is 5.32 Å². The lowest BCUT2D eigenvalue weighted by atomic mass is 10.2. The van der Waals surface area contributed by atoms with Crippen molar-refractivity contribution in [3.05, 3.63) is 28.4 Å². The van der Waals surface area contributed by atoms with E-state index in [1.165, 1.54) is 25.3 Å². The van der Waals surface area contributed by atoms with E-state index in [9.17, 15) is 20.0 Å². The van der Waals surface area contributed by atoms with Crippen LogP contribution in [0.1, 0.15) is 6.92 Å². The van der Waals surface area contributed by atoms with E-state index in [2.05, 4.69) is 10.3 Å². The normalized spacial score (nSPS) is 13.8. The van der Waals surface area contributed by atoms with Crippen LogP contribution in [-0.4, -0.2) is 38.2 Å². The van der Waals surface area contributed by atoms with Gasteiger partial charge in [0.1, 0.15) is 0 Å². The number of nitrogens with zero attached hydrogens (tertiary/aromatic N) is 2. The monoisotopic (exact) mass is 241 g/mol. The van der Waals surface area contributed by atoms with Crippen LogP contribution in [0.5, 0.6) is 0 Å². The van der Waals surface area contributed by atoms with Crippen molar-refractivity contribution < 1.29 is 19.9 Å². The van der Waals surface area contributed by atoms with Gasteiger partial charge in [0.25, 0.3) is 0 Å². The number of aliphatic hydroxyl groups excluding tert-OH is 1. The average Bonchev–Trinajstić information content (AvgIpc) is 2.25. The fraction of sp³-hybridized carbons (Fsp3) is 0.333. The third kappa shape index (κ3) is 3.11. The van der Waals surface area contributed by atoms with Gasteiger partial charge >= 0.3 is 11.7 Å². The van der Waals surface area contributed by atoms with E-state index in [0.29, 0.717) is 0 Å². The minimum absolute atomic E-state index is 0.189. The highest BCUT2D eigenvalue weighted by molar-refractivity contribution is 5.78. The van der Waals surface area contributed by atoms with Crippen molar-refractivity contribution in [2.45, 2.75) is 19.1 Å². The zero-order valence-electron chi connectivity index (χ0n) is 8.90. The lowest BCUT2D eigenvalue weighted by Crippen LogP contribution is -2.39. The molecule has 0 saturated heterocycles. The molecule has 1 aromatic rings. The minimum Gasteiger partial charge on any atom is -0.480 e. The fourth-order valence-corrected chi connectivity index (χ4v) is 1.19. The van der Waals surface area contributed by atoms with Crippen molar-refractivity contribution >= 4 is 17.5 Å². The third-order valence-corrected chi connectivity index (χ3v) is 2.02. The molecule has 0 aromatic carbocycles. The Hall–Kier alpha value is -2.22. The van der Waals surface area contributed by atoms with Gasteiger partial charge in [-0.2, -0.15) is 0 Å². The summed E-state index contributed by atoms with van der Waals surface area (Å²) >= 11 is 0. The highest BCUT2D eigenvalue weighted by Crippen LogP contribution is 2.21. The van der Waals surface area contributed by atoms with E-state index < -0.39 is 23.0 Å². The molecule has 3 N–H and O–H groups in total. The summed E-state index contributed by atoms with van der Waals surface area (Å²) in [5.41, 5.74) is -0.348. The molecule has 0 radical (unpaired) electrons. The van der Waals surface area contributed by atoms with Gasteiger partial charge < -0.3 is 15.5 Å². The van der Waals surface area contributed by atoms with Gasteiger partial charge in [0.15, 0.2) is 6.04 Å². The summed E-state index contributed by atoms with van der Waals surface area (Å²) in [5.74, 6) is -1.51. The van der Waals surface area contributed by atoms with Gasteiger partial charge in [0.2, 0.25) is 5.82 Å². The standard InChI is InChI=1S/C9H11N3O5/c1-5(13)7(9(14)15)11-8-6(12(16)17)3-2-4-10-8/h2-5,7,13H,1H3,(H,10,11)(H,14,15). The summed E-state index contributed by atoms with van der Waals surface area (Å²) in [7, 11) is 0. The fourth-order valence-electron chi connectivity index (χ4n) is 1.19. The van der Waals surface area contributed by atoms with Gasteiger partial charge in [0.05, 0.1) is 11.0 Å². The quantitative estimate of drug-likeness (QED) is 0.497. The molecule has 92 valence electrons. The van der Waals surface area contributed by atoms with Crippen LogP contribution in [0.2, 0.25) is 0 Å². The molecule has 0 aliphatic carbocycles. The molecular weight excluding hydrogens is 230 g/mol. The number of rotatable bonds is 5. The first-order valence-corrected chi connectivity index (χ1v) is 4.70. The van der Waals surface area contributed by atoms with Gasteiger partial charge in [-0.15, -0.1) is 0 Å². The molecule has 1 aromatic heterocycles. The van der Waals surface area contributed by atoms with Crippen LogP contribution in [-0.2, 0) is 4.79 Å². The van der Waals surface area contributed by atoms with Gasteiger partial charge in [-0.05, 0) is 13.0 Å². The van der Waals surface area contributed by atoms with E-state index in [4.69, 9.17) is 5.11 Å². The number of nitrogens with one attached hydrogen (secondary N) is 1. The number of hydrogen-bond acceptors (Lipinski definition) is 6. The summed E-state index contributed by atoms with van der Waals surface area (Å²) in [6.45, 7) is 1.26. The lowest BCUT2D eigenvalue weighted by molar-refractivity contribution is -0.384. The Kier molecular flexibility index (Phi) is 3.94. The number of pyridine rings is 1. The van der Waals surface area contributed by atoms with Crippen molar-refractivity contribution in [3.8, 4) is 0 Å². The Labute approximate surface area is 96.1 Å². The predicted molar refractivity (Wildman–Crippen MR) is 57.6 cm³/mol. The Bertz CT molecular complexity index is 434. The topological polar surface area (TPSA) is 126 Å². The van der Waals surface area contributed by atoms with E-state index in [0.717, 1.165) is 0 Å². The zero-order chi connectivity index (χ0) is 13.0. The molecule has 8 heteroatoms. The molecule has 0 aliphatic heterocycles. The number of nitro groups is 1. The summed E-state index contributed by atoms with van der Waals surface area (Å²) in [6.07, 6.45) is 0.0742. The van der Waals surface area contributed by atoms with Gasteiger partial charge in [0, 0.05) is 12.3 Å². The van der Waals surface area contributed by atoms with Crippen LogP contribution in [0.4, 0.5) is 11.5 Å². The molecule has 0 spiro atoms. The molecule has 0 saturated carbocycles. The van der Waals surface area contributed by atoms with Gasteiger partial charge in [-0.1, -0.05) is 0 Å². The van der Waals surface area contributed by atoms with Crippen LogP contribution < -0.4 is 5.32 Å².